The Morgan fingerprint density at radius 2 is 2.04 bits per heavy atom. The Morgan fingerprint density at radius 1 is 1.22 bits per heavy atom. The van der Waals surface area contributed by atoms with Gasteiger partial charge in [0.05, 0.1) is 16.2 Å². The lowest BCUT2D eigenvalue weighted by Gasteiger charge is -2.03. The first-order valence-electron chi connectivity index (χ1n) is 8.03. The number of hydrogen-bond acceptors (Lipinski definition) is 6. The normalized spacial score (nSPS) is 18.2. The highest BCUT2D eigenvalue weighted by Gasteiger charge is 2.25. The van der Waals surface area contributed by atoms with Crippen LogP contribution < -0.4 is 14.8 Å². The summed E-state index contributed by atoms with van der Waals surface area (Å²) in [7, 11) is 0. The number of aromatic carboxylic acids is 1. The predicted molar refractivity (Wildman–Crippen MR) is 102 cm³/mol. The molecule has 0 unspecified atom stereocenters. The zero-order valence-electron chi connectivity index (χ0n) is 14.2. The van der Waals surface area contributed by atoms with E-state index in [1.54, 1.807) is 30.3 Å². The molecular weight excluding hydrogens is 368 g/mol. The van der Waals surface area contributed by atoms with Crippen molar-refractivity contribution in [3.8, 4) is 11.5 Å². The molecule has 7 nitrogen and oxygen atoms in total. The molecule has 0 bridgehead atoms. The fraction of sp³-hybridized carbons (Fsp3) is 0.105. The Morgan fingerprint density at radius 3 is 2.85 bits per heavy atom. The Labute approximate surface area is 158 Å². The molecule has 2 aliphatic heterocycles. The van der Waals surface area contributed by atoms with Crippen LogP contribution in [0.1, 0.15) is 21.5 Å². The van der Waals surface area contributed by atoms with E-state index in [0.717, 1.165) is 22.9 Å². The van der Waals surface area contributed by atoms with Crippen LogP contribution in [0.5, 0.6) is 11.5 Å². The topological polar surface area (TPSA) is 97.2 Å². The van der Waals surface area contributed by atoms with Gasteiger partial charge in [0.1, 0.15) is 0 Å². The van der Waals surface area contributed by atoms with Crippen LogP contribution in [0.3, 0.4) is 0 Å². The van der Waals surface area contributed by atoms with Gasteiger partial charge in [-0.15, -0.1) is 0 Å². The summed E-state index contributed by atoms with van der Waals surface area (Å²) >= 11 is 1.15. The first kappa shape index (κ1) is 17.2. The van der Waals surface area contributed by atoms with Gasteiger partial charge in [0.25, 0.3) is 5.91 Å². The van der Waals surface area contributed by atoms with E-state index in [4.69, 9.17) is 9.47 Å². The third-order valence-corrected chi connectivity index (χ3v) is 4.86. The Bertz CT molecular complexity index is 1030. The molecule has 2 aliphatic rings. The van der Waals surface area contributed by atoms with Gasteiger partial charge in [-0.05, 0) is 60.2 Å². The van der Waals surface area contributed by atoms with Crippen molar-refractivity contribution in [2.24, 2.45) is 4.99 Å². The fourth-order valence-corrected chi connectivity index (χ4v) is 3.49. The van der Waals surface area contributed by atoms with Gasteiger partial charge in [-0.1, -0.05) is 12.1 Å². The highest BCUT2D eigenvalue weighted by Crippen LogP contribution is 2.35. The van der Waals surface area contributed by atoms with Crippen LogP contribution in [0.25, 0.3) is 6.08 Å². The smallest absolute Gasteiger partial charge is 0.337 e. The third-order valence-electron chi connectivity index (χ3n) is 3.95. The molecule has 2 N–H and O–H groups in total. The third kappa shape index (κ3) is 3.52. The van der Waals surface area contributed by atoms with Crippen LogP contribution in [0.2, 0.25) is 0 Å². The summed E-state index contributed by atoms with van der Waals surface area (Å²) in [6, 6.07) is 10.3. The molecule has 0 atom stereocenters. The maximum absolute atomic E-state index is 12.2. The van der Waals surface area contributed by atoms with E-state index in [2.05, 4.69) is 10.3 Å². The van der Waals surface area contributed by atoms with Crippen LogP contribution in [-0.2, 0) is 4.79 Å². The number of ether oxygens (including phenoxy) is 2. The number of carbonyl (C=O) groups excluding carboxylic acids is 1. The number of benzene rings is 2. The first-order chi connectivity index (χ1) is 13.0. The Hall–Kier alpha value is -3.26. The molecule has 0 saturated carbocycles. The van der Waals surface area contributed by atoms with Gasteiger partial charge in [0.15, 0.2) is 16.7 Å². The van der Waals surface area contributed by atoms with Gasteiger partial charge in [0.2, 0.25) is 6.79 Å². The zero-order valence-corrected chi connectivity index (χ0v) is 15.0. The number of carboxylic acid groups (broad SMARTS) is 1. The number of aryl methyl sites for hydroxylation is 1. The molecule has 0 aromatic heterocycles. The molecule has 4 rings (SSSR count). The summed E-state index contributed by atoms with van der Waals surface area (Å²) in [5, 5.41) is 12.3. The largest absolute Gasteiger partial charge is 0.478 e. The number of amidine groups is 1. The van der Waals surface area contributed by atoms with Crippen molar-refractivity contribution >= 4 is 40.6 Å². The van der Waals surface area contributed by atoms with Gasteiger partial charge in [-0.3, -0.25) is 4.79 Å². The number of amides is 1. The molecule has 27 heavy (non-hydrogen) atoms. The van der Waals surface area contributed by atoms with Gasteiger partial charge >= 0.3 is 5.97 Å². The second kappa shape index (κ2) is 6.81. The summed E-state index contributed by atoms with van der Waals surface area (Å²) in [6.07, 6.45) is 1.72. The van der Waals surface area contributed by atoms with Crippen LogP contribution in [0, 0.1) is 6.92 Å². The van der Waals surface area contributed by atoms with Crippen molar-refractivity contribution < 1.29 is 24.2 Å². The minimum atomic E-state index is -1.07. The van der Waals surface area contributed by atoms with E-state index < -0.39 is 5.97 Å². The predicted octanol–water partition coefficient (Wildman–Crippen LogP) is 3.31. The highest BCUT2D eigenvalue weighted by atomic mass is 32.2. The van der Waals surface area contributed by atoms with Crippen molar-refractivity contribution in [3.63, 3.8) is 0 Å². The first-order valence-corrected chi connectivity index (χ1v) is 8.84. The summed E-state index contributed by atoms with van der Waals surface area (Å²) in [6.45, 7) is 2.03. The Balaban J connectivity index is 1.62. The van der Waals surface area contributed by atoms with E-state index in [1.807, 2.05) is 13.0 Å². The monoisotopic (exact) mass is 382 g/mol. The summed E-state index contributed by atoms with van der Waals surface area (Å²) < 4.78 is 10.6. The lowest BCUT2D eigenvalue weighted by atomic mass is 10.1. The molecule has 2 aromatic rings. The minimum Gasteiger partial charge on any atom is -0.478 e. The molecule has 2 heterocycles. The van der Waals surface area contributed by atoms with Gasteiger partial charge in [-0.2, -0.15) is 0 Å². The summed E-state index contributed by atoms with van der Waals surface area (Å²) in [5.41, 5.74) is 2.05. The Kier molecular flexibility index (Phi) is 4.33. The molecule has 136 valence electrons. The van der Waals surface area contributed by atoms with E-state index in [1.165, 1.54) is 6.07 Å². The van der Waals surface area contributed by atoms with Gasteiger partial charge < -0.3 is 19.9 Å². The summed E-state index contributed by atoms with van der Waals surface area (Å²) in [4.78, 5) is 28.4. The van der Waals surface area contributed by atoms with E-state index in [0.29, 0.717) is 27.3 Å². The zero-order chi connectivity index (χ0) is 19.0. The average Bonchev–Trinajstić information content (AvgIpc) is 3.21. The molecule has 1 amide bonds. The second-order valence-electron chi connectivity index (χ2n) is 5.92. The lowest BCUT2D eigenvalue weighted by molar-refractivity contribution is -0.115. The van der Waals surface area contributed by atoms with Crippen LogP contribution in [0.4, 0.5) is 5.69 Å². The van der Waals surface area contributed by atoms with E-state index >= 15 is 0 Å². The number of fused-ring (bicyclic) bond motifs is 1. The number of carboxylic acids is 1. The molecule has 2 aromatic carbocycles. The number of aliphatic imine (C=N–C) groups is 1. The molecule has 1 saturated heterocycles. The number of hydrogen-bond donors (Lipinski definition) is 2. The number of nitrogens with one attached hydrogen (secondary N) is 1. The maximum Gasteiger partial charge on any atom is 0.337 e. The number of carbonyl (C=O) groups is 2. The van der Waals surface area contributed by atoms with Crippen molar-refractivity contribution in [1.29, 1.82) is 0 Å². The molecule has 0 spiro atoms. The number of thioether (sulfide) groups is 1. The SMILES string of the molecule is Cc1ccc(C(=O)O)c(N=C2NC(=O)/C(=C/c3ccc4c(c3)OCO4)S2)c1. The van der Waals surface area contributed by atoms with Crippen molar-refractivity contribution in [3.05, 3.63) is 58.0 Å². The molecule has 8 heteroatoms. The molecular formula is C19H14N2O5S. The second-order valence-corrected chi connectivity index (χ2v) is 6.95. The van der Waals surface area contributed by atoms with Crippen LogP contribution in [0.15, 0.2) is 46.3 Å². The minimum absolute atomic E-state index is 0.0798. The highest BCUT2D eigenvalue weighted by molar-refractivity contribution is 8.18. The standard InChI is InChI=1S/C19H14N2O5S/c1-10-2-4-12(18(23)24)13(6-10)20-19-21-17(22)16(27-19)8-11-3-5-14-15(7-11)26-9-25-14/h2-8H,9H2,1H3,(H,23,24)(H,20,21,22)/b16-8-. The van der Waals surface area contributed by atoms with Crippen LogP contribution >= 0.6 is 11.8 Å². The van der Waals surface area contributed by atoms with E-state index in [-0.39, 0.29) is 18.3 Å². The van der Waals surface area contributed by atoms with Gasteiger partial charge in [0, 0.05) is 0 Å². The molecule has 0 radical (unpaired) electrons. The average molecular weight is 382 g/mol. The number of rotatable bonds is 3. The van der Waals surface area contributed by atoms with Gasteiger partial charge in [-0.25, -0.2) is 9.79 Å². The number of nitrogens with zero attached hydrogens (tertiary/aromatic N) is 1. The molecule has 1 fully saturated rings. The lowest BCUT2D eigenvalue weighted by Crippen LogP contribution is -2.19. The maximum atomic E-state index is 12.2. The van der Waals surface area contributed by atoms with Crippen molar-refractivity contribution in [2.45, 2.75) is 6.92 Å². The van der Waals surface area contributed by atoms with E-state index in [9.17, 15) is 14.7 Å². The quantitative estimate of drug-likeness (QED) is 0.791. The van der Waals surface area contributed by atoms with Crippen molar-refractivity contribution in [1.82, 2.24) is 5.32 Å². The van der Waals surface area contributed by atoms with Crippen LogP contribution in [-0.4, -0.2) is 28.9 Å². The summed E-state index contributed by atoms with van der Waals surface area (Å²) in [5.74, 6) is -0.0585. The fourth-order valence-electron chi connectivity index (χ4n) is 2.66. The molecule has 0 aliphatic carbocycles. The van der Waals surface area contributed by atoms with Crippen molar-refractivity contribution in [2.75, 3.05) is 6.79 Å².